The first-order valence-corrected chi connectivity index (χ1v) is 9.18. The number of hydrogen-bond acceptors (Lipinski definition) is 2. The molecule has 0 fully saturated rings. The van der Waals surface area contributed by atoms with Crippen LogP contribution < -0.4 is 5.32 Å². The van der Waals surface area contributed by atoms with Crippen LogP contribution in [-0.4, -0.2) is 15.5 Å². The zero-order valence-electron chi connectivity index (χ0n) is 15.4. The first kappa shape index (κ1) is 19.0. The molecule has 4 nitrogen and oxygen atoms in total. The van der Waals surface area contributed by atoms with Crippen LogP contribution >= 0.6 is 0 Å². The van der Waals surface area contributed by atoms with Gasteiger partial charge in [0.05, 0.1) is 23.6 Å². The molecule has 7 heteroatoms. The molecule has 1 unspecified atom stereocenters. The first-order valence-electron chi connectivity index (χ1n) is 9.18. The Balaban J connectivity index is 1.52. The van der Waals surface area contributed by atoms with Gasteiger partial charge >= 0.3 is 6.18 Å². The van der Waals surface area contributed by atoms with Crippen LogP contribution in [0.25, 0.3) is 11.8 Å². The molecular weight excluding hydrogens is 379 g/mol. The molecule has 0 bridgehead atoms. The van der Waals surface area contributed by atoms with E-state index in [0.717, 1.165) is 24.5 Å². The minimum Gasteiger partial charge on any atom is -0.346 e. The number of carbonyl (C=O) groups is 1. The third-order valence-electron chi connectivity index (χ3n) is 4.99. The second-order valence-electron chi connectivity index (χ2n) is 6.88. The van der Waals surface area contributed by atoms with Crippen molar-refractivity contribution in [1.29, 1.82) is 0 Å². The summed E-state index contributed by atoms with van der Waals surface area (Å²) >= 11 is 0. The maximum absolute atomic E-state index is 13.5. The summed E-state index contributed by atoms with van der Waals surface area (Å²) < 4.78 is 41.8. The highest BCUT2D eigenvalue weighted by Gasteiger charge is 2.34. The maximum Gasteiger partial charge on any atom is 0.418 e. The fourth-order valence-electron chi connectivity index (χ4n) is 3.61. The van der Waals surface area contributed by atoms with Crippen LogP contribution in [0, 0.1) is 0 Å². The van der Waals surface area contributed by atoms with E-state index in [2.05, 4.69) is 10.3 Å². The summed E-state index contributed by atoms with van der Waals surface area (Å²) in [6.07, 6.45) is 4.03. The van der Waals surface area contributed by atoms with Gasteiger partial charge in [0.15, 0.2) is 0 Å². The molecule has 0 saturated carbocycles. The molecule has 0 aliphatic heterocycles. The summed E-state index contributed by atoms with van der Waals surface area (Å²) in [6.45, 7) is 0. The molecule has 0 radical (unpaired) electrons. The van der Waals surface area contributed by atoms with E-state index in [0.29, 0.717) is 5.56 Å². The van der Waals surface area contributed by atoms with E-state index >= 15 is 0 Å². The van der Waals surface area contributed by atoms with Gasteiger partial charge in [-0.2, -0.15) is 13.2 Å². The van der Waals surface area contributed by atoms with E-state index in [-0.39, 0.29) is 17.6 Å². The number of imidazole rings is 1. The number of carbonyl (C=O) groups excluding carboxylic acids is 1. The first-order chi connectivity index (χ1) is 13.9. The summed E-state index contributed by atoms with van der Waals surface area (Å²) in [5.41, 5.74) is 1.80. The van der Waals surface area contributed by atoms with Crippen molar-refractivity contribution in [3.63, 3.8) is 0 Å². The number of halogens is 3. The van der Waals surface area contributed by atoms with Crippen LogP contribution in [0.1, 0.15) is 34.7 Å². The lowest BCUT2D eigenvalue weighted by Gasteiger charge is -2.14. The second kappa shape index (κ2) is 7.58. The van der Waals surface area contributed by atoms with Gasteiger partial charge in [0.25, 0.3) is 0 Å². The van der Waals surface area contributed by atoms with E-state index in [9.17, 15) is 18.0 Å². The highest BCUT2D eigenvalue weighted by Crippen LogP contribution is 2.35. The molecule has 3 aromatic rings. The molecule has 1 aliphatic rings. The van der Waals surface area contributed by atoms with Crippen molar-refractivity contribution in [2.24, 2.45) is 0 Å². The summed E-state index contributed by atoms with van der Waals surface area (Å²) in [7, 11) is 0. The number of amides is 1. The lowest BCUT2D eigenvalue weighted by atomic mass is 10.1. The summed E-state index contributed by atoms with van der Waals surface area (Å²) in [4.78, 5) is 16.1. The van der Waals surface area contributed by atoms with Crippen LogP contribution in [-0.2, 0) is 17.4 Å². The fourth-order valence-corrected chi connectivity index (χ4v) is 3.61. The van der Waals surface area contributed by atoms with E-state index in [4.69, 9.17) is 0 Å². The SMILES string of the molecule is O=C(C=Cc1ccc(-n2ccnc2)c(C(F)(F)F)c1)NC1CCc2ccccc21. The van der Waals surface area contributed by atoms with Crippen molar-refractivity contribution < 1.29 is 18.0 Å². The molecule has 0 spiro atoms. The minimum absolute atomic E-state index is 0.0147. The Kier molecular flexibility index (Phi) is 4.96. The van der Waals surface area contributed by atoms with Gasteiger partial charge < -0.3 is 9.88 Å². The molecule has 29 heavy (non-hydrogen) atoms. The van der Waals surface area contributed by atoms with Crippen LogP contribution in [0.5, 0.6) is 0 Å². The van der Waals surface area contributed by atoms with Crippen molar-refractivity contribution in [2.75, 3.05) is 0 Å². The highest BCUT2D eigenvalue weighted by atomic mass is 19.4. The van der Waals surface area contributed by atoms with Gasteiger partial charge in [-0.3, -0.25) is 4.79 Å². The van der Waals surface area contributed by atoms with Crippen molar-refractivity contribution in [3.8, 4) is 5.69 Å². The van der Waals surface area contributed by atoms with Gasteiger partial charge in [-0.1, -0.05) is 30.3 Å². The standard InChI is InChI=1S/C22H18F3N3O/c23-22(24,25)18-13-15(5-9-20(18)28-12-11-26-14-28)6-10-21(29)27-19-8-7-16-3-1-2-4-17(16)19/h1-6,9-14,19H,7-8H2,(H,27,29). The third-order valence-corrected chi connectivity index (χ3v) is 4.99. The quantitative estimate of drug-likeness (QED) is 0.649. The number of hydrogen-bond donors (Lipinski definition) is 1. The lowest BCUT2D eigenvalue weighted by molar-refractivity contribution is -0.137. The third kappa shape index (κ3) is 4.08. The highest BCUT2D eigenvalue weighted by molar-refractivity contribution is 5.92. The Bertz CT molecular complexity index is 1060. The molecule has 2 aromatic carbocycles. The molecule has 0 saturated heterocycles. The van der Waals surface area contributed by atoms with Crippen LogP contribution in [0.2, 0.25) is 0 Å². The summed E-state index contributed by atoms with van der Waals surface area (Å²) in [5, 5.41) is 2.92. The largest absolute Gasteiger partial charge is 0.418 e. The molecule has 1 atom stereocenters. The van der Waals surface area contributed by atoms with E-state index in [1.54, 1.807) is 6.07 Å². The van der Waals surface area contributed by atoms with Gasteiger partial charge in [-0.15, -0.1) is 0 Å². The number of benzene rings is 2. The average Bonchev–Trinajstić information content (AvgIpc) is 3.36. The van der Waals surface area contributed by atoms with Gasteiger partial charge in [0, 0.05) is 18.5 Å². The van der Waals surface area contributed by atoms with Gasteiger partial charge in [0.2, 0.25) is 5.91 Å². The van der Waals surface area contributed by atoms with Crippen LogP contribution in [0.15, 0.2) is 67.3 Å². The molecule has 1 heterocycles. The van der Waals surface area contributed by atoms with E-state index in [1.807, 2.05) is 24.3 Å². The number of aromatic nitrogens is 2. The van der Waals surface area contributed by atoms with E-state index in [1.165, 1.54) is 47.1 Å². The predicted molar refractivity (Wildman–Crippen MR) is 103 cm³/mol. The molecule has 1 amide bonds. The monoisotopic (exact) mass is 397 g/mol. The molecule has 1 aromatic heterocycles. The summed E-state index contributed by atoms with van der Waals surface area (Å²) in [6, 6.07) is 11.8. The van der Waals surface area contributed by atoms with Gasteiger partial charge in [-0.25, -0.2) is 4.98 Å². The number of nitrogens with zero attached hydrogens (tertiary/aromatic N) is 2. The Morgan fingerprint density at radius 1 is 1.21 bits per heavy atom. The normalized spacial score (nSPS) is 16.2. The Hall–Kier alpha value is -3.35. The molecule has 1 N–H and O–H groups in total. The number of fused-ring (bicyclic) bond motifs is 1. The van der Waals surface area contributed by atoms with Gasteiger partial charge in [-0.05, 0) is 47.7 Å². The van der Waals surface area contributed by atoms with Crippen molar-refractivity contribution in [3.05, 3.63) is 89.5 Å². The zero-order chi connectivity index (χ0) is 20.4. The smallest absolute Gasteiger partial charge is 0.346 e. The molecular formula is C22H18F3N3O. The topological polar surface area (TPSA) is 46.9 Å². The Morgan fingerprint density at radius 3 is 2.79 bits per heavy atom. The van der Waals surface area contributed by atoms with E-state index < -0.39 is 11.7 Å². The number of rotatable bonds is 4. The summed E-state index contributed by atoms with van der Waals surface area (Å²) in [5.74, 6) is -0.334. The predicted octanol–water partition coefficient (Wildman–Crippen LogP) is 4.71. The molecule has 148 valence electrons. The lowest BCUT2D eigenvalue weighted by Crippen LogP contribution is -2.25. The zero-order valence-corrected chi connectivity index (χ0v) is 15.4. The van der Waals surface area contributed by atoms with Crippen molar-refractivity contribution in [2.45, 2.75) is 25.1 Å². The maximum atomic E-state index is 13.5. The number of aryl methyl sites for hydroxylation is 1. The number of alkyl halides is 3. The van der Waals surface area contributed by atoms with Crippen molar-refractivity contribution in [1.82, 2.24) is 14.9 Å². The van der Waals surface area contributed by atoms with Crippen LogP contribution in [0.3, 0.4) is 0 Å². The van der Waals surface area contributed by atoms with Gasteiger partial charge in [0.1, 0.15) is 0 Å². The molecule has 4 rings (SSSR count). The molecule has 1 aliphatic carbocycles. The average molecular weight is 397 g/mol. The van der Waals surface area contributed by atoms with Crippen LogP contribution in [0.4, 0.5) is 13.2 Å². The minimum atomic E-state index is -4.53. The Morgan fingerprint density at radius 2 is 2.03 bits per heavy atom. The van der Waals surface area contributed by atoms with Crippen molar-refractivity contribution >= 4 is 12.0 Å². The Labute approximate surface area is 165 Å². The second-order valence-corrected chi connectivity index (χ2v) is 6.88. The fraction of sp³-hybridized carbons (Fsp3) is 0.182. The number of nitrogens with one attached hydrogen (secondary N) is 1.